The van der Waals surface area contributed by atoms with Crippen LogP contribution >= 0.6 is 0 Å². The summed E-state index contributed by atoms with van der Waals surface area (Å²) in [7, 11) is 0. The van der Waals surface area contributed by atoms with Crippen molar-refractivity contribution >= 4 is 5.91 Å². The lowest BCUT2D eigenvalue weighted by molar-refractivity contribution is -0.120. The summed E-state index contributed by atoms with van der Waals surface area (Å²) in [6.45, 7) is 9.57. The van der Waals surface area contributed by atoms with Gasteiger partial charge < -0.3 is 15.2 Å². The van der Waals surface area contributed by atoms with E-state index in [-0.39, 0.29) is 17.6 Å². The average Bonchev–Trinajstić information content (AvgIpc) is 2.45. The third-order valence-corrected chi connectivity index (χ3v) is 4.57. The van der Waals surface area contributed by atoms with Gasteiger partial charge in [0.15, 0.2) is 0 Å². The number of amides is 1. The minimum atomic E-state index is -0.534. The Hall–Kier alpha value is -1.55. The van der Waals surface area contributed by atoms with Gasteiger partial charge in [-0.3, -0.25) is 4.79 Å². The minimum Gasteiger partial charge on any atom is -0.487 e. The maximum atomic E-state index is 11.6. The normalized spacial score (nSPS) is 25.1. The van der Waals surface area contributed by atoms with Crippen LogP contribution < -0.4 is 10.1 Å². The topological polar surface area (TPSA) is 58.6 Å². The molecule has 1 aliphatic heterocycles. The summed E-state index contributed by atoms with van der Waals surface area (Å²) in [5.41, 5.74) is 2.66. The van der Waals surface area contributed by atoms with Crippen LogP contribution in [0.1, 0.15) is 76.3 Å². The van der Waals surface area contributed by atoms with Gasteiger partial charge >= 0.3 is 0 Å². The first-order chi connectivity index (χ1) is 10.3. The van der Waals surface area contributed by atoms with Crippen molar-refractivity contribution in [3.8, 4) is 5.75 Å². The molecule has 2 rings (SSSR count). The van der Waals surface area contributed by atoms with Gasteiger partial charge in [-0.1, -0.05) is 13.8 Å². The fourth-order valence-corrected chi connectivity index (χ4v) is 3.05. The number of carbonyl (C=O) groups excluding carboxylic acids is 1. The smallest absolute Gasteiger partial charge is 0.217 e. The number of hydrogen-bond donors (Lipinski definition) is 2. The second-order valence-corrected chi connectivity index (χ2v) is 6.49. The highest BCUT2D eigenvalue weighted by Crippen LogP contribution is 2.44. The highest BCUT2D eigenvalue weighted by atomic mass is 16.5. The number of aliphatic hydroxyl groups excluding tert-OH is 1. The molecule has 0 aromatic heterocycles. The van der Waals surface area contributed by atoms with Gasteiger partial charge in [-0.2, -0.15) is 0 Å². The molecule has 4 heteroatoms. The van der Waals surface area contributed by atoms with Crippen molar-refractivity contribution in [3.05, 3.63) is 28.8 Å². The van der Waals surface area contributed by atoms with Crippen LogP contribution in [0.2, 0.25) is 0 Å². The Bertz CT molecular complexity index is 568. The maximum absolute atomic E-state index is 11.6. The molecule has 1 aliphatic rings. The fourth-order valence-electron chi connectivity index (χ4n) is 3.05. The van der Waals surface area contributed by atoms with Gasteiger partial charge in [0.1, 0.15) is 11.4 Å². The largest absolute Gasteiger partial charge is 0.487 e. The highest BCUT2D eigenvalue weighted by molar-refractivity contribution is 5.73. The van der Waals surface area contributed by atoms with Crippen LogP contribution in [0.15, 0.2) is 12.1 Å². The molecule has 122 valence electrons. The van der Waals surface area contributed by atoms with Gasteiger partial charge in [-0.25, -0.2) is 0 Å². The van der Waals surface area contributed by atoms with Gasteiger partial charge in [0.25, 0.3) is 0 Å². The molecule has 22 heavy (non-hydrogen) atoms. The van der Waals surface area contributed by atoms with E-state index in [1.165, 1.54) is 6.92 Å². The molecule has 0 radical (unpaired) electrons. The highest BCUT2D eigenvalue weighted by Gasteiger charge is 2.37. The van der Waals surface area contributed by atoms with Crippen molar-refractivity contribution in [1.82, 2.24) is 5.32 Å². The first-order valence-corrected chi connectivity index (χ1v) is 8.10. The zero-order valence-corrected chi connectivity index (χ0v) is 14.2. The number of hydrogen-bond acceptors (Lipinski definition) is 3. The molecule has 0 fully saturated rings. The Morgan fingerprint density at radius 1 is 1.50 bits per heavy atom. The zero-order valence-electron chi connectivity index (χ0n) is 14.2. The lowest BCUT2D eigenvalue weighted by Crippen LogP contribution is -2.42. The zero-order chi connectivity index (χ0) is 16.5. The van der Waals surface area contributed by atoms with Crippen LogP contribution in [0.3, 0.4) is 0 Å². The average molecular weight is 305 g/mol. The number of nitrogens with one attached hydrogen (secondary N) is 1. The molecule has 0 saturated heterocycles. The van der Waals surface area contributed by atoms with Gasteiger partial charge in [-0.05, 0) is 49.9 Å². The molecule has 1 heterocycles. The Labute approximate surface area is 132 Å². The van der Waals surface area contributed by atoms with Crippen LogP contribution in [-0.4, -0.2) is 16.6 Å². The Morgan fingerprint density at radius 3 is 2.68 bits per heavy atom. The van der Waals surface area contributed by atoms with E-state index in [1.54, 1.807) is 6.92 Å². The molecule has 3 unspecified atom stereocenters. The predicted octanol–water partition coefficient (Wildman–Crippen LogP) is 3.43. The second kappa shape index (κ2) is 6.29. The van der Waals surface area contributed by atoms with Crippen LogP contribution in [0.4, 0.5) is 0 Å². The number of carbonyl (C=O) groups is 1. The first-order valence-electron chi connectivity index (χ1n) is 8.10. The van der Waals surface area contributed by atoms with E-state index < -0.39 is 6.10 Å². The molecule has 3 atom stereocenters. The lowest BCUT2D eigenvalue weighted by atomic mass is 9.84. The third-order valence-electron chi connectivity index (χ3n) is 4.57. The number of aliphatic hydroxyl groups is 1. The molecule has 0 saturated carbocycles. The summed E-state index contributed by atoms with van der Waals surface area (Å²) in [5.74, 6) is 0.832. The predicted molar refractivity (Wildman–Crippen MR) is 87.0 cm³/mol. The molecule has 1 aromatic carbocycles. The molecule has 0 spiro atoms. The summed E-state index contributed by atoms with van der Waals surface area (Å²) in [5, 5.41) is 13.0. The van der Waals surface area contributed by atoms with E-state index in [9.17, 15) is 9.90 Å². The molecule has 1 amide bonds. The Kier molecular flexibility index (Phi) is 4.81. The SMILES string of the molecule is CCc1cc(C(C)O)cc2c1OC(C)(CC)CC2NC(C)=O. The van der Waals surface area contributed by atoms with Crippen LogP contribution in [0.25, 0.3) is 0 Å². The van der Waals surface area contributed by atoms with Crippen molar-refractivity contribution in [2.75, 3.05) is 0 Å². The maximum Gasteiger partial charge on any atom is 0.217 e. The van der Waals surface area contributed by atoms with Crippen LogP contribution in [0, 0.1) is 0 Å². The number of rotatable bonds is 4. The summed E-state index contributed by atoms with van der Waals surface area (Å²) in [6, 6.07) is 3.90. The summed E-state index contributed by atoms with van der Waals surface area (Å²) in [6.07, 6.45) is 1.91. The van der Waals surface area contributed by atoms with Crippen molar-refractivity contribution in [1.29, 1.82) is 0 Å². The van der Waals surface area contributed by atoms with E-state index in [0.717, 1.165) is 41.7 Å². The molecular weight excluding hydrogens is 278 g/mol. The van der Waals surface area contributed by atoms with Gasteiger partial charge in [0, 0.05) is 18.9 Å². The second-order valence-electron chi connectivity index (χ2n) is 6.49. The van der Waals surface area contributed by atoms with Crippen molar-refractivity contribution in [2.45, 2.75) is 71.6 Å². The quantitative estimate of drug-likeness (QED) is 0.896. The van der Waals surface area contributed by atoms with Gasteiger partial charge in [0.2, 0.25) is 5.91 Å². The number of aryl methyl sites for hydroxylation is 1. The molecule has 1 aromatic rings. The van der Waals surface area contributed by atoms with Crippen LogP contribution in [0.5, 0.6) is 5.75 Å². The number of ether oxygens (including phenoxy) is 1. The fraction of sp³-hybridized carbons (Fsp3) is 0.611. The Morgan fingerprint density at radius 2 is 2.18 bits per heavy atom. The van der Waals surface area contributed by atoms with E-state index >= 15 is 0 Å². The summed E-state index contributed by atoms with van der Waals surface area (Å²) < 4.78 is 6.30. The van der Waals surface area contributed by atoms with Crippen molar-refractivity contribution in [2.24, 2.45) is 0 Å². The molecule has 4 nitrogen and oxygen atoms in total. The van der Waals surface area contributed by atoms with Crippen molar-refractivity contribution < 1.29 is 14.6 Å². The van der Waals surface area contributed by atoms with Crippen LogP contribution in [-0.2, 0) is 11.2 Å². The minimum absolute atomic E-state index is 0.0446. The monoisotopic (exact) mass is 305 g/mol. The van der Waals surface area contributed by atoms with E-state index in [2.05, 4.69) is 26.1 Å². The van der Waals surface area contributed by atoms with Crippen molar-refractivity contribution in [3.63, 3.8) is 0 Å². The molecular formula is C18H27NO3. The van der Waals surface area contributed by atoms with E-state index in [1.807, 2.05) is 12.1 Å². The lowest BCUT2D eigenvalue weighted by Gasteiger charge is -2.41. The standard InChI is InChI=1S/C18H27NO3/c1-6-13-8-14(11(3)20)9-15-16(19-12(4)21)10-18(5,7-2)22-17(13)15/h8-9,11,16,20H,6-7,10H2,1-5H3,(H,19,21). The summed E-state index contributed by atoms with van der Waals surface area (Å²) in [4.78, 5) is 11.6. The number of benzene rings is 1. The third kappa shape index (κ3) is 3.27. The van der Waals surface area contributed by atoms with E-state index in [0.29, 0.717) is 0 Å². The van der Waals surface area contributed by atoms with E-state index in [4.69, 9.17) is 4.74 Å². The Balaban J connectivity index is 2.57. The molecule has 0 bridgehead atoms. The summed E-state index contributed by atoms with van der Waals surface area (Å²) >= 11 is 0. The molecule has 2 N–H and O–H groups in total. The van der Waals surface area contributed by atoms with Gasteiger partial charge in [-0.15, -0.1) is 0 Å². The first kappa shape index (κ1) is 16.8. The number of fused-ring (bicyclic) bond motifs is 1. The molecule has 0 aliphatic carbocycles. The van der Waals surface area contributed by atoms with Gasteiger partial charge in [0.05, 0.1) is 12.1 Å².